The summed E-state index contributed by atoms with van der Waals surface area (Å²) in [7, 11) is 0. The Morgan fingerprint density at radius 2 is 2.33 bits per heavy atom. The lowest BCUT2D eigenvalue weighted by molar-refractivity contribution is 1.28. The molecule has 1 N–H and O–H groups in total. The van der Waals surface area contributed by atoms with Crippen molar-refractivity contribution < 1.29 is 0 Å². The molecule has 9 heavy (non-hydrogen) atoms. The van der Waals surface area contributed by atoms with Gasteiger partial charge in [-0.1, -0.05) is 23.8 Å². The number of hydrogen-bond acceptors (Lipinski definition) is 1. The summed E-state index contributed by atoms with van der Waals surface area (Å²) >= 11 is 13.7. The van der Waals surface area contributed by atoms with Crippen molar-refractivity contribution in [2.45, 2.75) is 0 Å². The minimum atomic E-state index is 0.649. The summed E-state index contributed by atoms with van der Waals surface area (Å²) in [5.74, 6) is 0. The van der Waals surface area contributed by atoms with Crippen LogP contribution < -0.4 is 0 Å². The minimum absolute atomic E-state index is 0.649. The molecule has 0 atom stereocenters. The van der Waals surface area contributed by atoms with E-state index in [4.69, 9.17) is 23.8 Å². The van der Waals surface area contributed by atoms with Crippen LogP contribution in [0, 0.1) is 4.64 Å². The van der Waals surface area contributed by atoms with E-state index in [1.807, 2.05) is 0 Å². The van der Waals surface area contributed by atoms with E-state index in [-0.39, 0.29) is 0 Å². The molecule has 1 aromatic rings. The van der Waals surface area contributed by atoms with Crippen molar-refractivity contribution in [2.24, 2.45) is 0 Å². The topological polar surface area (TPSA) is 15.8 Å². The van der Waals surface area contributed by atoms with Gasteiger partial charge in [-0.3, -0.25) is 0 Å². The number of nitrogens with one attached hydrogen (secondary N) is 1. The number of pyridine rings is 1. The zero-order valence-corrected chi connectivity index (χ0v) is 7.48. The van der Waals surface area contributed by atoms with Gasteiger partial charge in [0.15, 0.2) is 0 Å². The fraction of sp³-hybridized carbons (Fsp3) is 0. The predicted molar refractivity (Wildman–Crippen MR) is 44.3 cm³/mol. The van der Waals surface area contributed by atoms with Gasteiger partial charge in [0, 0.05) is 6.20 Å². The molecular weight excluding hydrogens is 221 g/mol. The predicted octanol–water partition coefficient (Wildman–Crippen LogP) is 3.16. The summed E-state index contributed by atoms with van der Waals surface area (Å²) in [6.45, 7) is 0. The van der Waals surface area contributed by atoms with Crippen LogP contribution in [0.4, 0.5) is 0 Å². The normalized spacial score (nSPS) is 9.56. The SMILES string of the molecule is S=c1[nH]cc(Cl)cc1Br. The lowest BCUT2D eigenvalue weighted by Gasteiger charge is -1.90. The highest BCUT2D eigenvalue weighted by Crippen LogP contribution is 2.15. The molecule has 0 bridgehead atoms. The highest BCUT2D eigenvalue weighted by molar-refractivity contribution is 9.10. The molecule has 0 aliphatic carbocycles. The van der Waals surface area contributed by atoms with E-state index in [2.05, 4.69) is 20.9 Å². The van der Waals surface area contributed by atoms with E-state index >= 15 is 0 Å². The number of aromatic amines is 1. The van der Waals surface area contributed by atoms with Gasteiger partial charge in [0.05, 0.1) is 9.50 Å². The van der Waals surface area contributed by atoms with E-state index in [9.17, 15) is 0 Å². The summed E-state index contributed by atoms with van der Waals surface area (Å²) in [5.41, 5.74) is 0. The van der Waals surface area contributed by atoms with Gasteiger partial charge in [-0.25, -0.2) is 0 Å². The molecule has 0 saturated heterocycles. The summed E-state index contributed by atoms with van der Waals surface area (Å²) in [6, 6.07) is 1.75. The molecule has 1 nitrogen and oxygen atoms in total. The molecule has 0 unspecified atom stereocenters. The van der Waals surface area contributed by atoms with Crippen molar-refractivity contribution in [2.75, 3.05) is 0 Å². The van der Waals surface area contributed by atoms with E-state index in [1.54, 1.807) is 12.3 Å². The Labute approximate surface area is 71.2 Å². The summed E-state index contributed by atoms with van der Waals surface area (Å²) in [5, 5.41) is 0.649. The van der Waals surface area contributed by atoms with E-state index in [0.717, 1.165) is 4.47 Å². The molecule has 48 valence electrons. The van der Waals surface area contributed by atoms with Gasteiger partial charge < -0.3 is 4.98 Å². The Bertz CT molecular complexity index is 270. The van der Waals surface area contributed by atoms with Crippen LogP contribution in [0.2, 0.25) is 5.02 Å². The first-order valence-electron chi connectivity index (χ1n) is 2.24. The standard InChI is InChI=1S/C5H3BrClNS/c6-4-1-3(7)2-8-5(4)9/h1-2H,(H,8,9). The average molecular weight is 225 g/mol. The van der Waals surface area contributed by atoms with Gasteiger partial charge in [0.1, 0.15) is 4.64 Å². The van der Waals surface area contributed by atoms with Crippen LogP contribution in [0.15, 0.2) is 16.7 Å². The Morgan fingerprint density at radius 3 is 2.78 bits per heavy atom. The van der Waals surface area contributed by atoms with Crippen molar-refractivity contribution in [3.63, 3.8) is 0 Å². The minimum Gasteiger partial charge on any atom is -0.350 e. The summed E-state index contributed by atoms with van der Waals surface area (Å²) in [6.07, 6.45) is 1.65. The van der Waals surface area contributed by atoms with Gasteiger partial charge in [-0.05, 0) is 22.0 Å². The summed E-state index contributed by atoms with van der Waals surface area (Å²) in [4.78, 5) is 2.80. The molecule has 0 fully saturated rings. The largest absolute Gasteiger partial charge is 0.350 e. The first kappa shape index (κ1) is 7.25. The van der Waals surface area contributed by atoms with Gasteiger partial charge in [0.2, 0.25) is 0 Å². The zero-order chi connectivity index (χ0) is 6.85. The molecule has 0 aliphatic rings. The molecule has 0 aliphatic heterocycles. The second-order valence-electron chi connectivity index (χ2n) is 1.49. The third-order valence-corrected chi connectivity index (χ3v) is 2.27. The molecule has 0 saturated carbocycles. The Balaban J connectivity index is 3.34. The van der Waals surface area contributed by atoms with Crippen molar-refractivity contribution >= 4 is 39.7 Å². The van der Waals surface area contributed by atoms with E-state index < -0.39 is 0 Å². The van der Waals surface area contributed by atoms with Crippen LogP contribution in [-0.2, 0) is 0 Å². The third kappa shape index (κ3) is 1.78. The molecule has 1 rings (SSSR count). The van der Waals surface area contributed by atoms with Gasteiger partial charge >= 0.3 is 0 Å². The van der Waals surface area contributed by atoms with E-state index in [0.29, 0.717) is 9.66 Å². The first-order valence-corrected chi connectivity index (χ1v) is 3.82. The molecule has 1 heterocycles. The maximum atomic E-state index is 5.61. The molecule has 0 aromatic carbocycles. The first-order chi connectivity index (χ1) is 4.20. The van der Waals surface area contributed by atoms with Gasteiger partial charge in [0.25, 0.3) is 0 Å². The van der Waals surface area contributed by atoms with E-state index in [1.165, 1.54) is 0 Å². The fourth-order valence-electron chi connectivity index (χ4n) is 0.432. The molecule has 0 radical (unpaired) electrons. The summed E-state index contributed by atoms with van der Waals surface area (Å²) < 4.78 is 1.49. The van der Waals surface area contributed by atoms with Crippen LogP contribution >= 0.6 is 39.7 Å². The maximum Gasteiger partial charge on any atom is 0.117 e. The van der Waals surface area contributed by atoms with Gasteiger partial charge in [-0.15, -0.1) is 0 Å². The molecule has 4 heteroatoms. The lowest BCUT2D eigenvalue weighted by atomic mass is 10.5. The van der Waals surface area contributed by atoms with Crippen LogP contribution in [0.25, 0.3) is 0 Å². The molecule has 0 spiro atoms. The second-order valence-corrected chi connectivity index (χ2v) is 3.19. The average Bonchev–Trinajstić information content (AvgIpc) is 1.80. The fourth-order valence-corrected chi connectivity index (χ4v) is 1.21. The van der Waals surface area contributed by atoms with Crippen molar-refractivity contribution in [1.82, 2.24) is 4.98 Å². The number of hydrogen-bond donors (Lipinski definition) is 1. The molecule has 1 aromatic heterocycles. The quantitative estimate of drug-likeness (QED) is 0.669. The number of rotatable bonds is 0. The zero-order valence-electron chi connectivity index (χ0n) is 4.32. The van der Waals surface area contributed by atoms with Crippen LogP contribution in [0.5, 0.6) is 0 Å². The Morgan fingerprint density at radius 1 is 1.67 bits per heavy atom. The third-order valence-electron chi connectivity index (χ3n) is 0.823. The van der Waals surface area contributed by atoms with Crippen molar-refractivity contribution in [3.8, 4) is 0 Å². The van der Waals surface area contributed by atoms with Gasteiger partial charge in [-0.2, -0.15) is 0 Å². The monoisotopic (exact) mass is 223 g/mol. The van der Waals surface area contributed by atoms with Crippen LogP contribution in [0.3, 0.4) is 0 Å². The Kier molecular flexibility index (Phi) is 2.27. The maximum absolute atomic E-state index is 5.61. The van der Waals surface area contributed by atoms with Crippen molar-refractivity contribution in [1.29, 1.82) is 0 Å². The second kappa shape index (κ2) is 2.82. The van der Waals surface area contributed by atoms with Crippen LogP contribution in [-0.4, -0.2) is 4.98 Å². The molecular formula is C5H3BrClNS. The van der Waals surface area contributed by atoms with Crippen LogP contribution in [0.1, 0.15) is 0 Å². The highest BCUT2D eigenvalue weighted by atomic mass is 79.9. The van der Waals surface area contributed by atoms with Crippen molar-refractivity contribution in [3.05, 3.63) is 26.4 Å². The number of halogens is 2. The highest BCUT2D eigenvalue weighted by Gasteiger charge is 1.89. The number of H-pyrrole nitrogens is 1. The number of aromatic nitrogens is 1. The Hall–Kier alpha value is 0.140. The lowest BCUT2D eigenvalue weighted by Crippen LogP contribution is -1.73. The molecule has 0 amide bonds. The smallest absolute Gasteiger partial charge is 0.117 e.